The van der Waals surface area contributed by atoms with E-state index in [9.17, 15) is 9.59 Å². The number of nitrogens with two attached hydrogens (primary N) is 1. The van der Waals surface area contributed by atoms with Crippen molar-refractivity contribution in [2.24, 2.45) is 10.7 Å². The highest BCUT2D eigenvalue weighted by Crippen LogP contribution is 2.31. The standard InChI is InChI=1S/C21H22N4O3S/c1-13-18(20(22)27)19(14-8-4-3-5-9-14)25-21(23-13)29-12-17(26)24-15-10-6-7-11-16(15)28-2/h3-11,19H,12H2,1-2H3,(H2,22,27)(H,23,25)(H,24,26)/t19-/m0/s1. The molecule has 8 heteroatoms. The van der Waals surface area contributed by atoms with E-state index in [2.05, 4.69) is 15.6 Å². The first kappa shape index (κ1) is 20.5. The third-order valence-electron chi connectivity index (χ3n) is 4.32. The maximum absolute atomic E-state index is 12.4. The second-order valence-corrected chi connectivity index (χ2v) is 7.28. The molecule has 0 bridgehead atoms. The molecule has 7 nitrogen and oxygen atoms in total. The molecule has 150 valence electrons. The number of anilines is 1. The summed E-state index contributed by atoms with van der Waals surface area (Å²) in [5.74, 6) is 0.0195. The van der Waals surface area contributed by atoms with Crippen molar-refractivity contribution < 1.29 is 14.3 Å². The Morgan fingerprint density at radius 1 is 1.17 bits per heavy atom. The van der Waals surface area contributed by atoms with Crippen molar-refractivity contribution in [2.75, 3.05) is 18.2 Å². The number of benzene rings is 2. The van der Waals surface area contributed by atoms with Crippen molar-refractivity contribution in [3.8, 4) is 5.75 Å². The number of nitrogens with one attached hydrogen (secondary N) is 2. The molecule has 0 fully saturated rings. The van der Waals surface area contributed by atoms with E-state index in [1.54, 1.807) is 26.2 Å². The van der Waals surface area contributed by atoms with E-state index in [1.165, 1.54) is 11.8 Å². The fourth-order valence-corrected chi connectivity index (χ4v) is 3.73. The molecule has 0 saturated heterocycles. The number of amidine groups is 1. The average molecular weight is 410 g/mol. The monoisotopic (exact) mass is 410 g/mol. The minimum absolute atomic E-state index is 0.143. The number of hydrogen-bond acceptors (Lipinski definition) is 6. The Labute approximate surface area is 173 Å². The van der Waals surface area contributed by atoms with Crippen LogP contribution in [0.2, 0.25) is 0 Å². The Morgan fingerprint density at radius 2 is 1.86 bits per heavy atom. The molecule has 0 unspecified atom stereocenters. The average Bonchev–Trinajstić information content (AvgIpc) is 2.72. The van der Waals surface area contributed by atoms with Gasteiger partial charge in [0, 0.05) is 5.70 Å². The number of methoxy groups -OCH3 is 1. The largest absolute Gasteiger partial charge is 0.495 e. The summed E-state index contributed by atoms with van der Waals surface area (Å²) >= 11 is 1.25. The number of hydrogen-bond donors (Lipinski definition) is 3. The first-order valence-corrected chi connectivity index (χ1v) is 9.94. The van der Waals surface area contributed by atoms with E-state index in [1.807, 2.05) is 42.5 Å². The number of carbonyl (C=O) groups is 2. The maximum atomic E-state index is 12.4. The summed E-state index contributed by atoms with van der Waals surface area (Å²) in [7, 11) is 1.55. The zero-order chi connectivity index (χ0) is 20.8. The van der Waals surface area contributed by atoms with Gasteiger partial charge in [-0.3, -0.25) is 9.59 Å². The number of ether oxygens (including phenoxy) is 1. The second-order valence-electron chi connectivity index (χ2n) is 6.31. The lowest BCUT2D eigenvalue weighted by Crippen LogP contribution is -2.33. The quantitative estimate of drug-likeness (QED) is 0.679. The molecule has 2 aromatic rings. The van der Waals surface area contributed by atoms with Crippen molar-refractivity contribution >= 4 is 34.4 Å². The Hall–Kier alpha value is -3.26. The zero-order valence-corrected chi connectivity index (χ0v) is 17.0. The lowest BCUT2D eigenvalue weighted by atomic mass is 9.96. The molecular formula is C21H22N4O3S. The number of rotatable bonds is 6. The van der Waals surface area contributed by atoms with Crippen LogP contribution in [0.4, 0.5) is 5.69 Å². The molecule has 1 aliphatic heterocycles. The number of aliphatic imine (C=N–C) groups is 1. The predicted molar refractivity (Wildman–Crippen MR) is 116 cm³/mol. The van der Waals surface area contributed by atoms with Crippen LogP contribution in [0.1, 0.15) is 18.5 Å². The maximum Gasteiger partial charge on any atom is 0.248 e. The highest BCUT2D eigenvalue weighted by Gasteiger charge is 2.28. The number of thioether (sulfide) groups is 1. The summed E-state index contributed by atoms with van der Waals surface area (Å²) in [5.41, 5.74) is 8.09. The molecular weight excluding hydrogens is 388 g/mol. The van der Waals surface area contributed by atoms with E-state index >= 15 is 0 Å². The van der Waals surface area contributed by atoms with Crippen molar-refractivity contribution in [1.29, 1.82) is 0 Å². The lowest BCUT2D eigenvalue weighted by molar-refractivity contribution is -0.115. The fourth-order valence-electron chi connectivity index (χ4n) is 2.98. The highest BCUT2D eigenvalue weighted by molar-refractivity contribution is 8.14. The van der Waals surface area contributed by atoms with Gasteiger partial charge in [-0.15, -0.1) is 0 Å². The van der Waals surface area contributed by atoms with Crippen molar-refractivity contribution in [1.82, 2.24) is 5.32 Å². The Morgan fingerprint density at radius 3 is 2.55 bits per heavy atom. The second kappa shape index (κ2) is 9.29. The Bertz CT molecular complexity index is 973. The third-order valence-corrected chi connectivity index (χ3v) is 5.21. The van der Waals surface area contributed by atoms with E-state index in [0.29, 0.717) is 27.9 Å². The lowest BCUT2D eigenvalue weighted by Gasteiger charge is -2.25. The van der Waals surface area contributed by atoms with Crippen molar-refractivity contribution in [3.63, 3.8) is 0 Å². The fraction of sp³-hybridized carbons (Fsp3) is 0.190. The van der Waals surface area contributed by atoms with Crippen LogP contribution in [0.25, 0.3) is 0 Å². The van der Waals surface area contributed by atoms with E-state index in [4.69, 9.17) is 10.5 Å². The number of primary amides is 1. The normalized spacial score (nSPS) is 15.9. The van der Waals surface area contributed by atoms with Gasteiger partial charge in [0.25, 0.3) is 0 Å². The Kier molecular flexibility index (Phi) is 6.56. The minimum Gasteiger partial charge on any atom is -0.495 e. The molecule has 1 atom stereocenters. The first-order chi connectivity index (χ1) is 14.0. The predicted octanol–water partition coefficient (Wildman–Crippen LogP) is 2.83. The number of carbonyl (C=O) groups excluding carboxylic acids is 2. The molecule has 4 N–H and O–H groups in total. The van der Waals surface area contributed by atoms with Gasteiger partial charge in [-0.2, -0.15) is 0 Å². The van der Waals surface area contributed by atoms with Gasteiger partial charge in [0.1, 0.15) is 11.8 Å². The van der Waals surface area contributed by atoms with Gasteiger partial charge in [0.2, 0.25) is 11.8 Å². The van der Waals surface area contributed by atoms with Crippen LogP contribution in [0.15, 0.2) is 70.9 Å². The number of amides is 2. The minimum atomic E-state index is -0.523. The molecule has 29 heavy (non-hydrogen) atoms. The first-order valence-electron chi connectivity index (χ1n) is 8.95. The SMILES string of the molecule is COc1ccccc1NC(=O)CSC1=N[C@@H](c2ccccc2)C(C(N)=O)=C(C)N1. The van der Waals surface area contributed by atoms with Gasteiger partial charge in [-0.25, -0.2) is 4.99 Å². The van der Waals surface area contributed by atoms with Crippen LogP contribution in [0.3, 0.4) is 0 Å². The topological polar surface area (TPSA) is 106 Å². The molecule has 0 aliphatic carbocycles. The number of allylic oxidation sites excluding steroid dienone is 1. The Balaban J connectivity index is 1.72. The molecule has 0 aromatic heterocycles. The van der Waals surface area contributed by atoms with E-state index in [0.717, 1.165) is 5.56 Å². The molecule has 0 spiro atoms. The van der Waals surface area contributed by atoms with Crippen molar-refractivity contribution in [3.05, 3.63) is 71.4 Å². The molecule has 0 radical (unpaired) electrons. The van der Waals surface area contributed by atoms with Gasteiger partial charge in [0.15, 0.2) is 5.17 Å². The molecule has 2 aromatic carbocycles. The summed E-state index contributed by atoms with van der Waals surface area (Å²) in [6, 6.07) is 16.2. The van der Waals surface area contributed by atoms with Crippen molar-refractivity contribution in [2.45, 2.75) is 13.0 Å². The van der Waals surface area contributed by atoms with Gasteiger partial charge in [-0.05, 0) is 24.6 Å². The van der Waals surface area contributed by atoms with E-state index < -0.39 is 11.9 Å². The third kappa shape index (κ3) is 4.97. The van der Waals surface area contributed by atoms with Crippen LogP contribution in [-0.4, -0.2) is 29.8 Å². The summed E-state index contributed by atoms with van der Waals surface area (Å²) in [6.07, 6.45) is 0. The van der Waals surface area contributed by atoms with Crippen LogP contribution in [0, 0.1) is 0 Å². The summed E-state index contributed by atoms with van der Waals surface area (Å²) in [4.78, 5) is 29.0. The van der Waals surface area contributed by atoms with Gasteiger partial charge >= 0.3 is 0 Å². The summed E-state index contributed by atoms with van der Waals surface area (Å²) in [5, 5.41) is 6.46. The molecule has 3 rings (SSSR count). The van der Waals surface area contributed by atoms with Crippen LogP contribution >= 0.6 is 11.8 Å². The number of nitrogens with zero attached hydrogens (tertiary/aromatic N) is 1. The number of para-hydroxylation sites is 2. The molecule has 2 amide bonds. The van der Waals surface area contributed by atoms with Crippen LogP contribution in [-0.2, 0) is 9.59 Å². The zero-order valence-electron chi connectivity index (χ0n) is 16.1. The van der Waals surface area contributed by atoms with Crippen LogP contribution < -0.4 is 21.1 Å². The summed E-state index contributed by atoms with van der Waals surface area (Å²) in [6.45, 7) is 1.78. The van der Waals surface area contributed by atoms with Gasteiger partial charge in [-0.1, -0.05) is 54.2 Å². The molecule has 0 saturated carbocycles. The van der Waals surface area contributed by atoms with Crippen LogP contribution in [0.5, 0.6) is 5.75 Å². The molecule has 1 heterocycles. The smallest absolute Gasteiger partial charge is 0.248 e. The summed E-state index contributed by atoms with van der Waals surface area (Å²) < 4.78 is 5.24. The van der Waals surface area contributed by atoms with Gasteiger partial charge < -0.3 is 21.1 Å². The van der Waals surface area contributed by atoms with E-state index in [-0.39, 0.29) is 11.7 Å². The highest BCUT2D eigenvalue weighted by atomic mass is 32.2. The van der Waals surface area contributed by atoms with Gasteiger partial charge in [0.05, 0.1) is 24.1 Å². The molecule has 1 aliphatic rings.